The van der Waals surface area contributed by atoms with Crippen LogP contribution in [0, 0.1) is 0 Å². The highest BCUT2D eigenvalue weighted by Crippen LogP contribution is 2.74. The lowest BCUT2D eigenvalue weighted by atomic mass is 10.9. The Balaban J connectivity index is 1.74. The Bertz CT molecular complexity index is 952. The van der Waals surface area contributed by atoms with Crippen molar-refractivity contribution < 1.29 is 51.9 Å². The molecule has 48 heavy (non-hydrogen) atoms. The molecular formula is C28H64O12Si8. The van der Waals surface area contributed by atoms with E-state index in [4.69, 9.17) is 51.9 Å². The van der Waals surface area contributed by atoms with Gasteiger partial charge in [0.2, 0.25) is 0 Å². The molecule has 4 bridgehead atoms. The summed E-state index contributed by atoms with van der Waals surface area (Å²) in [5.74, 6) is 0. The van der Waals surface area contributed by atoms with Crippen molar-refractivity contribution >= 4 is 68.5 Å². The summed E-state index contributed by atoms with van der Waals surface area (Å²) in [5, 5.41) is 0.116. The highest BCUT2D eigenvalue weighted by molar-refractivity contribution is 7.16. The standard InChI is InChI=1S/C28H64O12Si8/c1-13-29-41(9,30-14-2)25-21-45-22-26(42(10,31-15-3)32-16-4)47(25,37-45)39-46-23-27(43(11,33-17-5)34-18-6)48(38-46,40-45)28(24-46)44(12,35-19-7)36-20-8/h25-28H,13-24H2,1-12H3. The summed E-state index contributed by atoms with van der Waals surface area (Å²) in [5.41, 5.74) is 0. The van der Waals surface area contributed by atoms with Crippen LogP contribution in [0.4, 0.5) is 0 Å². The van der Waals surface area contributed by atoms with Gasteiger partial charge >= 0.3 is 68.5 Å². The number of rotatable bonds is 20. The molecule has 4 atom stereocenters. The van der Waals surface area contributed by atoms with Crippen LogP contribution in [0.1, 0.15) is 55.4 Å². The third-order valence-electron chi connectivity index (χ3n) is 11.4. The summed E-state index contributed by atoms with van der Waals surface area (Å²) >= 11 is 0. The van der Waals surface area contributed by atoms with Crippen molar-refractivity contribution in [2.24, 2.45) is 0 Å². The second-order valence-electron chi connectivity index (χ2n) is 14.2. The molecule has 0 amide bonds. The predicted octanol–water partition coefficient (Wildman–Crippen LogP) is 6.11. The molecule has 0 saturated carbocycles. The van der Waals surface area contributed by atoms with Gasteiger partial charge in [0, 0.05) is 73.5 Å². The van der Waals surface area contributed by atoms with E-state index >= 15 is 0 Å². The van der Waals surface area contributed by atoms with Crippen molar-refractivity contribution in [2.45, 2.75) is 126 Å². The Morgan fingerprint density at radius 3 is 0.688 bits per heavy atom. The molecule has 12 nitrogen and oxygen atoms in total. The number of hydrogen-bond donors (Lipinski definition) is 0. The summed E-state index contributed by atoms with van der Waals surface area (Å²) in [6, 6.07) is 3.19. The van der Waals surface area contributed by atoms with Crippen molar-refractivity contribution in [3.8, 4) is 0 Å². The summed E-state index contributed by atoms with van der Waals surface area (Å²) in [7, 11) is -23.8. The highest BCUT2D eigenvalue weighted by Gasteiger charge is 2.91. The third kappa shape index (κ3) is 6.44. The predicted molar refractivity (Wildman–Crippen MR) is 201 cm³/mol. The van der Waals surface area contributed by atoms with Gasteiger partial charge in [-0.15, -0.1) is 0 Å². The van der Waals surface area contributed by atoms with Crippen molar-refractivity contribution in [3.05, 3.63) is 0 Å². The van der Waals surface area contributed by atoms with Gasteiger partial charge in [0.15, 0.2) is 0 Å². The zero-order valence-electron chi connectivity index (χ0n) is 31.7. The molecule has 5 saturated heterocycles. The fourth-order valence-electron chi connectivity index (χ4n) is 10.1. The third-order valence-corrected chi connectivity index (χ3v) is 58.4. The van der Waals surface area contributed by atoms with Gasteiger partial charge in [-0.05, 0) is 106 Å². The average molecular weight is 817 g/mol. The Labute approximate surface area is 298 Å². The van der Waals surface area contributed by atoms with Crippen molar-refractivity contribution in [2.75, 3.05) is 52.9 Å². The fourth-order valence-corrected chi connectivity index (χ4v) is 78.4. The SMILES string of the molecule is CCO[Si](C)(OCC)C1C[Si]23CC([Si](C)(OCC)OCC)[Si]1(O2)O[Si]12CC([Si](C)(OCC)OCC)[Si](O1)(O3)C([Si](C)(OCC)OCC)C2. The maximum atomic E-state index is 8.08. The molecule has 0 N–H and O–H groups in total. The lowest BCUT2D eigenvalue weighted by molar-refractivity contribution is 0.174. The highest BCUT2D eigenvalue weighted by atomic mass is 28.6. The Kier molecular flexibility index (Phi) is 12.5. The zero-order chi connectivity index (χ0) is 35.3. The molecule has 0 aromatic carbocycles. The number of hydrogen-bond acceptors (Lipinski definition) is 12. The molecule has 5 rings (SSSR count). The molecule has 0 aromatic rings. The van der Waals surface area contributed by atoms with Crippen LogP contribution in [0.2, 0.25) is 71.0 Å². The Hall–Kier alpha value is 1.26. The van der Waals surface area contributed by atoms with E-state index in [1.165, 1.54) is 0 Å². The first-order valence-electron chi connectivity index (χ1n) is 18.6. The van der Waals surface area contributed by atoms with Crippen LogP contribution in [0.15, 0.2) is 0 Å². The quantitative estimate of drug-likeness (QED) is 0.132. The van der Waals surface area contributed by atoms with Crippen LogP contribution in [0.3, 0.4) is 0 Å². The molecule has 5 aliphatic heterocycles. The first-order chi connectivity index (χ1) is 22.7. The summed E-state index contributed by atoms with van der Waals surface area (Å²) < 4.78 is 85.4. The van der Waals surface area contributed by atoms with E-state index in [0.717, 1.165) is 24.2 Å². The molecule has 0 radical (unpaired) electrons. The van der Waals surface area contributed by atoms with Gasteiger partial charge in [-0.2, -0.15) is 0 Å². The topological polar surface area (TPSA) is 111 Å². The molecular weight excluding hydrogens is 753 g/mol. The minimum Gasteiger partial charge on any atom is -0.415 e. The lowest BCUT2D eigenvalue weighted by Gasteiger charge is -2.51. The van der Waals surface area contributed by atoms with E-state index in [9.17, 15) is 0 Å². The van der Waals surface area contributed by atoms with Crippen molar-refractivity contribution in [1.82, 2.24) is 0 Å². The van der Waals surface area contributed by atoms with E-state index in [1.54, 1.807) is 0 Å². The van der Waals surface area contributed by atoms with E-state index in [1.807, 2.05) is 0 Å². The monoisotopic (exact) mass is 816 g/mol. The fraction of sp³-hybridized carbons (Fsp3) is 1.00. The van der Waals surface area contributed by atoms with Crippen LogP contribution in [0.5, 0.6) is 0 Å². The molecule has 0 aliphatic carbocycles. The molecule has 4 unspecified atom stereocenters. The second kappa shape index (κ2) is 14.8. The van der Waals surface area contributed by atoms with E-state index in [0.29, 0.717) is 52.9 Å². The van der Waals surface area contributed by atoms with Gasteiger partial charge in [-0.25, -0.2) is 0 Å². The maximum Gasteiger partial charge on any atom is 0.339 e. The molecule has 0 aromatic heterocycles. The molecule has 5 heterocycles. The second-order valence-corrected chi connectivity index (χ2v) is 44.0. The molecule has 20 heteroatoms. The Morgan fingerprint density at radius 2 is 0.542 bits per heavy atom. The van der Waals surface area contributed by atoms with Crippen LogP contribution in [-0.2, 0) is 51.9 Å². The largest absolute Gasteiger partial charge is 0.415 e. The van der Waals surface area contributed by atoms with Crippen LogP contribution in [-0.4, -0.2) is 121 Å². The van der Waals surface area contributed by atoms with E-state index in [-0.39, 0.29) is 20.7 Å². The maximum absolute atomic E-state index is 8.08. The minimum atomic E-state index is -3.24. The summed E-state index contributed by atoms with van der Waals surface area (Å²) in [6.07, 6.45) is 0. The van der Waals surface area contributed by atoms with Crippen LogP contribution < -0.4 is 0 Å². The average Bonchev–Trinajstić information content (AvgIpc) is 3.72. The van der Waals surface area contributed by atoms with Gasteiger partial charge in [0.1, 0.15) is 0 Å². The van der Waals surface area contributed by atoms with Crippen LogP contribution in [0.25, 0.3) is 0 Å². The van der Waals surface area contributed by atoms with E-state index in [2.05, 4.69) is 81.6 Å². The molecule has 0 spiro atoms. The van der Waals surface area contributed by atoms with Gasteiger partial charge < -0.3 is 51.9 Å². The van der Waals surface area contributed by atoms with Gasteiger partial charge in [-0.3, -0.25) is 0 Å². The first-order valence-corrected chi connectivity index (χ1v) is 36.6. The summed E-state index contributed by atoms with van der Waals surface area (Å²) in [6.45, 7) is 30.0. The Morgan fingerprint density at radius 1 is 0.375 bits per heavy atom. The van der Waals surface area contributed by atoms with Gasteiger partial charge in [0.05, 0.1) is 0 Å². The van der Waals surface area contributed by atoms with Crippen LogP contribution >= 0.6 is 0 Å². The normalized spacial score (nSPS) is 37.8. The minimum absolute atomic E-state index is 0.0289. The summed E-state index contributed by atoms with van der Waals surface area (Å²) in [4.78, 5) is 0. The zero-order valence-corrected chi connectivity index (χ0v) is 39.7. The van der Waals surface area contributed by atoms with Crippen molar-refractivity contribution in [1.29, 1.82) is 0 Å². The lowest BCUT2D eigenvalue weighted by Crippen LogP contribution is -2.68. The van der Waals surface area contributed by atoms with Gasteiger partial charge in [0.25, 0.3) is 0 Å². The van der Waals surface area contributed by atoms with Gasteiger partial charge in [-0.1, -0.05) is 0 Å². The van der Waals surface area contributed by atoms with Crippen molar-refractivity contribution in [3.63, 3.8) is 0 Å². The molecule has 5 aliphatic rings. The first kappa shape index (κ1) is 40.4. The van der Waals surface area contributed by atoms with E-state index < -0.39 is 68.5 Å². The molecule has 280 valence electrons. The smallest absolute Gasteiger partial charge is 0.339 e. The molecule has 5 fully saturated rings.